The van der Waals surface area contributed by atoms with Crippen molar-refractivity contribution in [2.75, 3.05) is 10.5 Å². The van der Waals surface area contributed by atoms with Crippen LogP contribution >= 0.6 is 15.9 Å². The zero-order valence-corrected chi connectivity index (χ0v) is 12.5. The number of nitrogens with two attached hydrogens (primary N) is 1. The van der Waals surface area contributed by atoms with Crippen LogP contribution in [-0.4, -0.2) is 18.6 Å². The van der Waals surface area contributed by atoms with Crippen molar-refractivity contribution in [1.29, 1.82) is 0 Å². The minimum atomic E-state index is -3.68. The first-order valence-electron chi connectivity index (χ1n) is 5.54. The van der Waals surface area contributed by atoms with E-state index in [0.717, 1.165) is 12.1 Å². The molecule has 0 amide bonds. The quantitative estimate of drug-likeness (QED) is 0.739. The number of aryl methyl sites for hydroxylation is 1. The number of rotatable bonds is 4. The molecule has 6 nitrogen and oxygen atoms in total. The van der Waals surface area contributed by atoms with Crippen LogP contribution in [0.25, 0.3) is 0 Å². The number of halogens is 1. The molecule has 1 aromatic heterocycles. The summed E-state index contributed by atoms with van der Waals surface area (Å²) in [5, 5.41) is 6.62. The second-order valence-corrected chi connectivity index (χ2v) is 6.46. The molecule has 2 rings (SSSR count). The number of sulfonamides is 1. The second-order valence-electron chi connectivity index (χ2n) is 3.92. The molecule has 1 aromatic carbocycles. The van der Waals surface area contributed by atoms with Crippen LogP contribution in [0, 0.1) is 0 Å². The van der Waals surface area contributed by atoms with E-state index in [9.17, 15) is 8.42 Å². The number of aromatic amines is 1. The van der Waals surface area contributed by atoms with Crippen LogP contribution in [0.15, 0.2) is 33.6 Å². The molecule has 4 N–H and O–H groups in total. The fourth-order valence-electron chi connectivity index (χ4n) is 1.48. The molecule has 8 heteroatoms. The molecule has 2 aromatic rings. The van der Waals surface area contributed by atoms with E-state index in [1.807, 2.05) is 6.92 Å². The standard InChI is InChI=1S/C11H13BrN4O2S/c1-2-7-5-11(15-14-7)16-19(17,18)8-3-4-9(12)10(13)6-8/h3-6H,2,13H2,1H3,(H2,14,15,16). The van der Waals surface area contributed by atoms with E-state index in [0.29, 0.717) is 10.2 Å². The predicted molar refractivity (Wildman–Crippen MR) is 77.3 cm³/mol. The van der Waals surface area contributed by atoms with E-state index in [1.54, 1.807) is 12.1 Å². The van der Waals surface area contributed by atoms with Gasteiger partial charge in [-0.3, -0.25) is 9.82 Å². The Morgan fingerprint density at radius 2 is 2.16 bits per heavy atom. The Morgan fingerprint density at radius 1 is 1.42 bits per heavy atom. The molecule has 0 fully saturated rings. The van der Waals surface area contributed by atoms with Crippen LogP contribution in [0.1, 0.15) is 12.6 Å². The Kier molecular flexibility index (Phi) is 3.81. The van der Waals surface area contributed by atoms with E-state index >= 15 is 0 Å². The number of aromatic nitrogens is 2. The summed E-state index contributed by atoms with van der Waals surface area (Å²) in [7, 11) is -3.68. The van der Waals surface area contributed by atoms with E-state index in [-0.39, 0.29) is 10.7 Å². The Hall–Kier alpha value is -1.54. The zero-order chi connectivity index (χ0) is 14.0. The van der Waals surface area contributed by atoms with Crippen LogP contribution < -0.4 is 10.5 Å². The van der Waals surface area contributed by atoms with E-state index < -0.39 is 10.0 Å². The Morgan fingerprint density at radius 3 is 2.74 bits per heavy atom. The molecule has 0 bridgehead atoms. The molecule has 0 saturated carbocycles. The second kappa shape index (κ2) is 5.22. The average molecular weight is 345 g/mol. The lowest BCUT2D eigenvalue weighted by atomic mass is 10.3. The summed E-state index contributed by atoms with van der Waals surface area (Å²) in [5.74, 6) is 0.262. The van der Waals surface area contributed by atoms with Gasteiger partial charge in [-0.05, 0) is 40.5 Å². The van der Waals surface area contributed by atoms with Gasteiger partial charge in [0.15, 0.2) is 5.82 Å². The molecular formula is C11H13BrN4O2S. The SMILES string of the molecule is CCc1cc(NS(=O)(=O)c2ccc(Br)c(N)c2)n[nH]1. The molecule has 102 valence electrons. The van der Waals surface area contributed by atoms with Gasteiger partial charge >= 0.3 is 0 Å². The van der Waals surface area contributed by atoms with Crippen molar-refractivity contribution in [3.8, 4) is 0 Å². The number of anilines is 2. The van der Waals surface area contributed by atoms with Crippen molar-refractivity contribution in [1.82, 2.24) is 10.2 Å². The van der Waals surface area contributed by atoms with Crippen molar-refractivity contribution < 1.29 is 8.42 Å². The van der Waals surface area contributed by atoms with Gasteiger partial charge in [-0.2, -0.15) is 5.10 Å². The Balaban J connectivity index is 2.29. The highest BCUT2D eigenvalue weighted by molar-refractivity contribution is 9.10. The number of hydrogen-bond acceptors (Lipinski definition) is 4. The normalized spacial score (nSPS) is 11.5. The topological polar surface area (TPSA) is 101 Å². The van der Waals surface area contributed by atoms with Gasteiger partial charge in [-0.25, -0.2) is 8.42 Å². The molecule has 0 atom stereocenters. The molecule has 0 spiro atoms. The van der Waals surface area contributed by atoms with E-state index in [4.69, 9.17) is 5.73 Å². The van der Waals surface area contributed by atoms with Crippen LogP contribution in [0.3, 0.4) is 0 Å². The van der Waals surface area contributed by atoms with Gasteiger partial charge in [0.05, 0.1) is 4.90 Å². The first-order valence-corrected chi connectivity index (χ1v) is 7.82. The van der Waals surface area contributed by atoms with Crippen LogP contribution in [0.5, 0.6) is 0 Å². The maximum Gasteiger partial charge on any atom is 0.263 e. The summed E-state index contributed by atoms with van der Waals surface area (Å²) in [5.41, 5.74) is 6.89. The highest BCUT2D eigenvalue weighted by Crippen LogP contribution is 2.24. The number of H-pyrrole nitrogens is 1. The summed E-state index contributed by atoms with van der Waals surface area (Å²) in [6.45, 7) is 1.95. The van der Waals surface area contributed by atoms with Crippen LogP contribution in [-0.2, 0) is 16.4 Å². The smallest absolute Gasteiger partial charge is 0.263 e. The van der Waals surface area contributed by atoms with Crippen LogP contribution in [0.2, 0.25) is 0 Å². The third kappa shape index (κ3) is 3.07. The number of nitrogens with zero attached hydrogens (tertiary/aromatic N) is 1. The monoisotopic (exact) mass is 344 g/mol. The highest BCUT2D eigenvalue weighted by atomic mass is 79.9. The lowest BCUT2D eigenvalue weighted by Crippen LogP contribution is -2.13. The Labute approximate surface area is 119 Å². The molecular weight excluding hydrogens is 332 g/mol. The minimum Gasteiger partial charge on any atom is -0.398 e. The molecule has 0 radical (unpaired) electrons. The van der Waals surface area contributed by atoms with Crippen LogP contribution in [0.4, 0.5) is 11.5 Å². The van der Waals surface area contributed by atoms with Gasteiger partial charge in [-0.15, -0.1) is 0 Å². The van der Waals surface area contributed by atoms with Crippen molar-refractivity contribution in [3.63, 3.8) is 0 Å². The minimum absolute atomic E-state index is 0.0919. The number of nitrogen functional groups attached to an aromatic ring is 1. The maximum atomic E-state index is 12.1. The van der Waals surface area contributed by atoms with Gasteiger partial charge in [0, 0.05) is 21.9 Å². The van der Waals surface area contributed by atoms with Crippen molar-refractivity contribution in [3.05, 3.63) is 34.4 Å². The predicted octanol–water partition coefficient (Wildman–Crippen LogP) is 2.12. The molecule has 19 heavy (non-hydrogen) atoms. The van der Waals surface area contributed by atoms with Gasteiger partial charge in [0.2, 0.25) is 0 Å². The third-order valence-corrected chi connectivity index (χ3v) is 4.60. The van der Waals surface area contributed by atoms with Gasteiger partial charge in [0.25, 0.3) is 10.0 Å². The number of nitrogens with one attached hydrogen (secondary N) is 2. The summed E-state index contributed by atoms with van der Waals surface area (Å²) in [6.07, 6.45) is 0.750. The highest BCUT2D eigenvalue weighted by Gasteiger charge is 2.16. The number of hydrogen-bond donors (Lipinski definition) is 3. The lowest BCUT2D eigenvalue weighted by Gasteiger charge is -2.06. The summed E-state index contributed by atoms with van der Waals surface area (Å²) in [4.78, 5) is 0.0919. The molecule has 0 aliphatic rings. The summed E-state index contributed by atoms with van der Waals surface area (Å²) >= 11 is 3.22. The van der Waals surface area contributed by atoms with Crippen molar-refractivity contribution >= 4 is 37.5 Å². The van der Waals surface area contributed by atoms with Gasteiger partial charge in [-0.1, -0.05) is 6.92 Å². The molecule has 0 aliphatic carbocycles. The fraction of sp³-hybridized carbons (Fsp3) is 0.182. The van der Waals surface area contributed by atoms with E-state index in [2.05, 4.69) is 30.8 Å². The largest absolute Gasteiger partial charge is 0.398 e. The fourth-order valence-corrected chi connectivity index (χ4v) is 2.75. The molecule has 0 saturated heterocycles. The molecule has 0 aliphatic heterocycles. The third-order valence-electron chi connectivity index (χ3n) is 2.53. The average Bonchev–Trinajstić information content (AvgIpc) is 2.79. The van der Waals surface area contributed by atoms with Crippen molar-refractivity contribution in [2.24, 2.45) is 0 Å². The summed E-state index contributed by atoms with van der Waals surface area (Å²) in [6, 6.07) is 6.10. The van der Waals surface area contributed by atoms with Gasteiger partial charge < -0.3 is 5.73 Å². The van der Waals surface area contributed by atoms with E-state index in [1.165, 1.54) is 12.1 Å². The lowest BCUT2D eigenvalue weighted by molar-refractivity contribution is 0.601. The zero-order valence-electron chi connectivity index (χ0n) is 10.1. The molecule has 1 heterocycles. The number of benzene rings is 1. The maximum absolute atomic E-state index is 12.1. The first-order chi connectivity index (χ1) is 8.92. The van der Waals surface area contributed by atoms with Gasteiger partial charge in [0.1, 0.15) is 0 Å². The Bertz CT molecular complexity index is 696. The van der Waals surface area contributed by atoms with Crippen molar-refractivity contribution in [2.45, 2.75) is 18.2 Å². The summed E-state index contributed by atoms with van der Waals surface area (Å²) < 4.78 is 27.3. The first kappa shape index (κ1) is 13.9. The molecule has 0 unspecified atom stereocenters.